The van der Waals surface area contributed by atoms with Crippen LogP contribution in [0.1, 0.15) is 99.5 Å². The summed E-state index contributed by atoms with van der Waals surface area (Å²) in [6.07, 6.45) is 15.5. The Morgan fingerprint density at radius 3 is 1.37 bits per heavy atom. The van der Waals surface area contributed by atoms with E-state index < -0.39 is 17.9 Å². The molecule has 208 valence electrons. The molecule has 0 atom stereocenters. The van der Waals surface area contributed by atoms with E-state index in [1.165, 1.54) is 49.6 Å². The van der Waals surface area contributed by atoms with Crippen LogP contribution in [0.4, 0.5) is 0 Å². The van der Waals surface area contributed by atoms with Crippen molar-refractivity contribution in [1.29, 1.82) is 0 Å². The first kappa shape index (κ1) is 32.6. The van der Waals surface area contributed by atoms with Crippen LogP contribution in [0, 0.1) is 0 Å². The number of rotatable bonds is 14. The van der Waals surface area contributed by atoms with Gasteiger partial charge in [-0.3, -0.25) is 14.4 Å². The average Bonchev–Trinajstić information content (AvgIpc) is 2.77. The fourth-order valence-corrected chi connectivity index (χ4v) is 3.78. The third-order valence-corrected chi connectivity index (χ3v) is 5.72. The minimum absolute atomic E-state index is 0.132. The fourth-order valence-electron chi connectivity index (χ4n) is 3.78. The van der Waals surface area contributed by atoms with Gasteiger partial charge in [-0.2, -0.15) is 0 Å². The molecule has 0 aliphatic heterocycles. The molecule has 0 unspecified atom stereocenters. The summed E-state index contributed by atoms with van der Waals surface area (Å²) in [7, 11) is 0. The third kappa shape index (κ3) is 14.4. The molecule has 0 fully saturated rings. The SMILES string of the molecule is CC(=O)Oc1cc(OC(C)=O)c(CC=C(C)CCC=C(C)CCC=C(C)CCC=C(C)C)c(OC(C)=O)c1. The van der Waals surface area contributed by atoms with E-state index in [2.05, 4.69) is 45.9 Å². The largest absolute Gasteiger partial charge is 0.426 e. The molecule has 0 bridgehead atoms. The van der Waals surface area contributed by atoms with Gasteiger partial charge in [0.05, 0.1) is 0 Å². The van der Waals surface area contributed by atoms with Gasteiger partial charge in [0.25, 0.3) is 0 Å². The number of carbonyl (C=O) groups is 3. The molecule has 1 aromatic rings. The molecule has 0 aliphatic rings. The Labute approximate surface area is 228 Å². The predicted octanol–water partition coefficient (Wildman–Crippen LogP) is 8.15. The number of hydrogen-bond donors (Lipinski definition) is 0. The van der Waals surface area contributed by atoms with Crippen molar-refractivity contribution >= 4 is 17.9 Å². The number of carbonyl (C=O) groups excluding carboxylic acids is 3. The maximum atomic E-state index is 11.7. The highest BCUT2D eigenvalue weighted by molar-refractivity contribution is 5.75. The Bertz CT molecular complexity index is 1060. The normalized spacial score (nSPS) is 12.2. The Kier molecular flexibility index (Phi) is 14.7. The van der Waals surface area contributed by atoms with Crippen LogP contribution in [0.3, 0.4) is 0 Å². The van der Waals surface area contributed by atoms with E-state index in [1.807, 2.05) is 13.0 Å². The van der Waals surface area contributed by atoms with Crippen molar-refractivity contribution in [1.82, 2.24) is 0 Å². The molecule has 6 nitrogen and oxygen atoms in total. The Hall–Kier alpha value is -3.41. The molecule has 0 N–H and O–H groups in total. The maximum Gasteiger partial charge on any atom is 0.308 e. The average molecular weight is 525 g/mol. The molecule has 38 heavy (non-hydrogen) atoms. The highest BCUT2D eigenvalue weighted by atomic mass is 16.6. The van der Waals surface area contributed by atoms with Crippen LogP contribution < -0.4 is 14.2 Å². The van der Waals surface area contributed by atoms with Gasteiger partial charge in [-0.15, -0.1) is 0 Å². The molecule has 1 aromatic carbocycles. The van der Waals surface area contributed by atoms with Gasteiger partial charge in [-0.1, -0.05) is 46.6 Å². The second-order valence-electron chi connectivity index (χ2n) is 9.93. The van der Waals surface area contributed by atoms with Gasteiger partial charge in [0, 0.05) is 38.5 Å². The van der Waals surface area contributed by atoms with Crippen LogP contribution in [-0.2, 0) is 20.8 Å². The second kappa shape index (κ2) is 17.2. The highest BCUT2D eigenvalue weighted by Gasteiger charge is 2.17. The first-order valence-electron chi connectivity index (χ1n) is 13.2. The summed E-state index contributed by atoms with van der Waals surface area (Å²) < 4.78 is 15.8. The lowest BCUT2D eigenvalue weighted by molar-refractivity contribution is -0.132. The van der Waals surface area contributed by atoms with Crippen LogP contribution in [0.25, 0.3) is 0 Å². The molecule has 0 radical (unpaired) electrons. The summed E-state index contributed by atoms with van der Waals surface area (Å²) in [4.78, 5) is 34.8. The summed E-state index contributed by atoms with van der Waals surface area (Å²) in [5, 5.41) is 0. The van der Waals surface area contributed by atoms with Crippen molar-refractivity contribution in [3.63, 3.8) is 0 Å². The smallest absolute Gasteiger partial charge is 0.308 e. The third-order valence-electron chi connectivity index (χ3n) is 5.72. The van der Waals surface area contributed by atoms with Crippen LogP contribution in [0.5, 0.6) is 17.2 Å². The zero-order valence-corrected chi connectivity index (χ0v) is 24.4. The lowest BCUT2D eigenvalue weighted by atomic mass is 10.0. The van der Waals surface area contributed by atoms with Gasteiger partial charge in [0.15, 0.2) is 0 Å². The summed E-state index contributed by atoms with van der Waals surface area (Å²) >= 11 is 0. The van der Waals surface area contributed by atoms with Gasteiger partial charge in [0.1, 0.15) is 17.2 Å². The van der Waals surface area contributed by atoms with Crippen molar-refractivity contribution in [2.75, 3.05) is 0 Å². The Balaban J connectivity index is 2.84. The monoisotopic (exact) mass is 524 g/mol. The van der Waals surface area contributed by atoms with E-state index in [0.717, 1.165) is 44.1 Å². The van der Waals surface area contributed by atoms with Crippen LogP contribution in [0.15, 0.2) is 58.7 Å². The maximum absolute atomic E-state index is 11.7. The molecule has 0 spiro atoms. The van der Waals surface area contributed by atoms with Gasteiger partial charge in [-0.05, 0) is 79.6 Å². The molecule has 0 amide bonds. The van der Waals surface area contributed by atoms with Crippen LogP contribution in [0.2, 0.25) is 0 Å². The van der Waals surface area contributed by atoms with Gasteiger partial charge >= 0.3 is 17.9 Å². The van der Waals surface area contributed by atoms with E-state index in [-0.39, 0.29) is 17.2 Å². The van der Waals surface area contributed by atoms with E-state index in [4.69, 9.17) is 14.2 Å². The topological polar surface area (TPSA) is 78.9 Å². The predicted molar refractivity (Wildman–Crippen MR) is 152 cm³/mol. The first-order valence-corrected chi connectivity index (χ1v) is 13.2. The molecule has 6 heteroatoms. The van der Waals surface area contributed by atoms with Gasteiger partial charge in [0.2, 0.25) is 0 Å². The lowest BCUT2D eigenvalue weighted by Crippen LogP contribution is -2.10. The standard InChI is InChI=1S/C32H44O6/c1-22(2)12-9-13-23(3)14-10-15-24(4)16-11-17-25(5)18-19-30-31(37-27(7)34)20-29(36-26(6)33)21-32(30)38-28(8)35/h12,14,16,18,20-21H,9-11,13,15,17,19H2,1-8H3. The van der Waals surface area contributed by atoms with Crippen LogP contribution >= 0.6 is 0 Å². The van der Waals surface area contributed by atoms with E-state index in [9.17, 15) is 14.4 Å². The zero-order chi connectivity index (χ0) is 28.7. The molecule has 0 aromatic heterocycles. The quantitative estimate of drug-likeness (QED) is 0.139. The van der Waals surface area contributed by atoms with E-state index >= 15 is 0 Å². The minimum atomic E-state index is -0.537. The zero-order valence-electron chi connectivity index (χ0n) is 24.4. The Morgan fingerprint density at radius 2 is 0.974 bits per heavy atom. The van der Waals surface area contributed by atoms with Crippen molar-refractivity contribution in [2.24, 2.45) is 0 Å². The molecule has 0 heterocycles. The Morgan fingerprint density at radius 1 is 0.579 bits per heavy atom. The summed E-state index contributed by atoms with van der Waals surface area (Å²) in [6, 6.07) is 2.91. The van der Waals surface area contributed by atoms with Gasteiger partial charge < -0.3 is 14.2 Å². The summed E-state index contributed by atoms with van der Waals surface area (Å²) in [5.74, 6) is -1.08. The second-order valence-corrected chi connectivity index (χ2v) is 9.93. The van der Waals surface area contributed by atoms with Gasteiger partial charge in [-0.25, -0.2) is 0 Å². The molecule has 0 saturated carbocycles. The molecule has 1 rings (SSSR count). The number of benzene rings is 1. The number of hydrogen-bond acceptors (Lipinski definition) is 6. The van der Waals surface area contributed by atoms with Crippen molar-refractivity contribution in [2.45, 2.75) is 100 Å². The molecule has 0 saturated heterocycles. The van der Waals surface area contributed by atoms with Crippen molar-refractivity contribution < 1.29 is 28.6 Å². The summed E-state index contributed by atoms with van der Waals surface area (Å²) in [5.41, 5.74) is 5.88. The van der Waals surface area contributed by atoms with Crippen molar-refractivity contribution in [3.05, 3.63) is 64.3 Å². The number of allylic oxidation sites excluding steroid dienone is 8. The molecule has 0 aliphatic carbocycles. The highest BCUT2D eigenvalue weighted by Crippen LogP contribution is 2.36. The fraction of sp³-hybridized carbons (Fsp3) is 0.469. The number of esters is 3. The minimum Gasteiger partial charge on any atom is -0.426 e. The molecular weight excluding hydrogens is 480 g/mol. The van der Waals surface area contributed by atoms with Crippen molar-refractivity contribution in [3.8, 4) is 17.2 Å². The van der Waals surface area contributed by atoms with E-state index in [0.29, 0.717) is 12.0 Å². The summed E-state index contributed by atoms with van der Waals surface area (Å²) in [6.45, 7) is 14.5. The first-order chi connectivity index (χ1) is 17.9. The molecular formula is C32H44O6. The van der Waals surface area contributed by atoms with E-state index in [1.54, 1.807) is 0 Å². The number of ether oxygens (including phenoxy) is 3. The lowest BCUT2D eigenvalue weighted by Gasteiger charge is -2.15. The van der Waals surface area contributed by atoms with Crippen LogP contribution in [-0.4, -0.2) is 17.9 Å².